The highest BCUT2D eigenvalue weighted by Gasteiger charge is 2.19. The monoisotopic (exact) mass is 297 g/mol. The first-order valence-electron chi connectivity index (χ1n) is 6.03. The summed E-state index contributed by atoms with van der Waals surface area (Å²) >= 11 is 0. The molecule has 0 fully saturated rings. The predicted octanol–water partition coefficient (Wildman–Crippen LogP) is 3.52. The largest absolute Gasteiger partial charge is 0.337 e. The Morgan fingerprint density at radius 2 is 1.76 bits per heavy atom. The standard InChI is InChI=1S/C15H11F4NO/c1-20(8-9-5-6-10(16)7-13(9)18)15(21)11-3-2-4-12(17)14(11)19/h2-7H,8H2,1H3. The van der Waals surface area contributed by atoms with Crippen LogP contribution in [0.5, 0.6) is 0 Å². The van der Waals surface area contributed by atoms with Crippen molar-refractivity contribution in [2.24, 2.45) is 0 Å². The Balaban J connectivity index is 2.21. The fourth-order valence-corrected chi connectivity index (χ4v) is 1.85. The predicted molar refractivity (Wildman–Crippen MR) is 68.5 cm³/mol. The summed E-state index contributed by atoms with van der Waals surface area (Å²) in [4.78, 5) is 13.0. The number of hydrogen-bond donors (Lipinski definition) is 0. The molecule has 0 aliphatic carbocycles. The zero-order valence-electron chi connectivity index (χ0n) is 11.0. The van der Waals surface area contributed by atoms with Crippen molar-refractivity contribution < 1.29 is 22.4 Å². The average Bonchev–Trinajstić information content (AvgIpc) is 2.44. The Bertz CT molecular complexity index is 687. The average molecular weight is 297 g/mol. The van der Waals surface area contributed by atoms with Crippen LogP contribution in [0.3, 0.4) is 0 Å². The van der Waals surface area contributed by atoms with Gasteiger partial charge in [0.1, 0.15) is 11.6 Å². The Hall–Kier alpha value is -2.37. The number of carbonyl (C=O) groups is 1. The number of carbonyl (C=O) groups excluding carboxylic acids is 1. The molecule has 1 amide bonds. The lowest BCUT2D eigenvalue weighted by atomic mass is 10.1. The van der Waals surface area contributed by atoms with Crippen LogP contribution in [0.25, 0.3) is 0 Å². The van der Waals surface area contributed by atoms with Crippen LogP contribution >= 0.6 is 0 Å². The van der Waals surface area contributed by atoms with Crippen LogP contribution in [0.4, 0.5) is 17.6 Å². The maximum Gasteiger partial charge on any atom is 0.256 e. The molecule has 0 N–H and O–H groups in total. The number of amides is 1. The Labute approximate surface area is 118 Å². The van der Waals surface area contributed by atoms with Gasteiger partial charge in [-0.1, -0.05) is 12.1 Å². The van der Waals surface area contributed by atoms with Crippen LogP contribution in [0.2, 0.25) is 0 Å². The second-order valence-electron chi connectivity index (χ2n) is 4.50. The van der Waals surface area contributed by atoms with Crippen LogP contribution < -0.4 is 0 Å². The van der Waals surface area contributed by atoms with Crippen molar-refractivity contribution in [2.75, 3.05) is 7.05 Å². The third-order valence-electron chi connectivity index (χ3n) is 2.95. The van der Waals surface area contributed by atoms with Crippen molar-refractivity contribution in [3.05, 3.63) is 70.8 Å². The second kappa shape index (κ2) is 5.95. The van der Waals surface area contributed by atoms with Gasteiger partial charge in [0.05, 0.1) is 5.56 Å². The highest BCUT2D eigenvalue weighted by atomic mass is 19.2. The van der Waals surface area contributed by atoms with Gasteiger partial charge in [0, 0.05) is 25.2 Å². The van der Waals surface area contributed by atoms with Gasteiger partial charge in [-0.2, -0.15) is 0 Å². The Kier molecular flexibility index (Phi) is 4.26. The van der Waals surface area contributed by atoms with Crippen LogP contribution in [0, 0.1) is 23.3 Å². The minimum atomic E-state index is -1.26. The van der Waals surface area contributed by atoms with Crippen molar-refractivity contribution >= 4 is 5.91 Å². The van der Waals surface area contributed by atoms with E-state index in [9.17, 15) is 22.4 Å². The molecule has 0 heterocycles. The summed E-state index contributed by atoms with van der Waals surface area (Å²) < 4.78 is 52.9. The number of halogens is 4. The normalized spacial score (nSPS) is 10.5. The number of benzene rings is 2. The van der Waals surface area contributed by atoms with Gasteiger partial charge < -0.3 is 4.90 Å². The number of nitrogens with zero attached hydrogens (tertiary/aromatic N) is 1. The van der Waals surface area contributed by atoms with Crippen molar-refractivity contribution in [1.82, 2.24) is 4.90 Å². The lowest BCUT2D eigenvalue weighted by Crippen LogP contribution is -2.27. The Morgan fingerprint density at radius 3 is 2.43 bits per heavy atom. The topological polar surface area (TPSA) is 20.3 Å². The van der Waals surface area contributed by atoms with Gasteiger partial charge in [-0.25, -0.2) is 17.6 Å². The van der Waals surface area contributed by atoms with Gasteiger partial charge >= 0.3 is 0 Å². The van der Waals surface area contributed by atoms with E-state index in [0.29, 0.717) is 6.07 Å². The van der Waals surface area contributed by atoms with Gasteiger partial charge in [-0.3, -0.25) is 4.79 Å². The summed E-state index contributed by atoms with van der Waals surface area (Å²) in [7, 11) is 1.31. The minimum Gasteiger partial charge on any atom is -0.337 e. The van der Waals surface area contributed by atoms with Crippen LogP contribution in [0.1, 0.15) is 15.9 Å². The van der Waals surface area contributed by atoms with E-state index in [1.807, 2.05) is 0 Å². The summed E-state index contributed by atoms with van der Waals surface area (Å²) in [6.07, 6.45) is 0. The second-order valence-corrected chi connectivity index (χ2v) is 4.50. The first-order valence-corrected chi connectivity index (χ1v) is 6.03. The molecule has 0 radical (unpaired) electrons. The lowest BCUT2D eigenvalue weighted by molar-refractivity contribution is 0.0778. The SMILES string of the molecule is CN(Cc1ccc(F)cc1F)C(=O)c1cccc(F)c1F. The first-order chi connectivity index (χ1) is 9.90. The van der Waals surface area contributed by atoms with Gasteiger partial charge in [0.2, 0.25) is 0 Å². The van der Waals surface area contributed by atoms with E-state index < -0.39 is 34.7 Å². The van der Waals surface area contributed by atoms with E-state index >= 15 is 0 Å². The quantitative estimate of drug-likeness (QED) is 0.794. The van der Waals surface area contributed by atoms with E-state index in [0.717, 1.165) is 23.1 Å². The molecule has 0 saturated heterocycles. The number of hydrogen-bond acceptors (Lipinski definition) is 1. The fraction of sp³-hybridized carbons (Fsp3) is 0.133. The first kappa shape index (κ1) is 15.0. The van der Waals surface area contributed by atoms with E-state index in [-0.39, 0.29) is 12.1 Å². The van der Waals surface area contributed by atoms with Crippen LogP contribution in [-0.2, 0) is 6.54 Å². The highest BCUT2D eigenvalue weighted by Crippen LogP contribution is 2.16. The van der Waals surface area contributed by atoms with E-state index in [1.54, 1.807) is 0 Å². The molecule has 2 rings (SSSR count). The molecule has 6 heteroatoms. The smallest absolute Gasteiger partial charge is 0.256 e. The molecule has 0 atom stereocenters. The van der Waals surface area contributed by atoms with Crippen LogP contribution in [-0.4, -0.2) is 17.9 Å². The minimum absolute atomic E-state index is 0.0732. The fourth-order valence-electron chi connectivity index (χ4n) is 1.85. The molecular formula is C15H11F4NO. The van der Waals surface area contributed by atoms with E-state index in [2.05, 4.69) is 0 Å². The third-order valence-corrected chi connectivity index (χ3v) is 2.95. The van der Waals surface area contributed by atoms with Crippen molar-refractivity contribution in [3.8, 4) is 0 Å². The summed E-state index contributed by atoms with van der Waals surface area (Å²) in [5.74, 6) is -4.73. The molecule has 2 aromatic rings. The highest BCUT2D eigenvalue weighted by molar-refractivity contribution is 5.94. The van der Waals surface area contributed by atoms with Gasteiger partial charge in [0.25, 0.3) is 5.91 Å². The zero-order valence-corrected chi connectivity index (χ0v) is 11.0. The molecule has 0 aliphatic rings. The molecule has 21 heavy (non-hydrogen) atoms. The molecule has 2 nitrogen and oxygen atoms in total. The molecular weight excluding hydrogens is 286 g/mol. The van der Waals surface area contributed by atoms with Crippen molar-refractivity contribution in [2.45, 2.75) is 6.54 Å². The molecule has 0 spiro atoms. The Morgan fingerprint density at radius 1 is 1.05 bits per heavy atom. The molecule has 0 unspecified atom stereocenters. The summed E-state index contributed by atoms with van der Waals surface area (Å²) in [5, 5.41) is 0. The van der Waals surface area contributed by atoms with Crippen LogP contribution in [0.15, 0.2) is 36.4 Å². The zero-order chi connectivity index (χ0) is 15.6. The lowest BCUT2D eigenvalue weighted by Gasteiger charge is -2.18. The molecule has 2 aromatic carbocycles. The molecule has 0 aliphatic heterocycles. The summed E-state index contributed by atoms with van der Waals surface area (Å²) in [5.41, 5.74) is -0.371. The summed E-state index contributed by atoms with van der Waals surface area (Å²) in [6, 6.07) is 6.17. The van der Waals surface area contributed by atoms with E-state index in [1.165, 1.54) is 19.2 Å². The molecule has 0 aromatic heterocycles. The number of rotatable bonds is 3. The molecule has 110 valence electrons. The van der Waals surface area contributed by atoms with Gasteiger partial charge in [-0.15, -0.1) is 0 Å². The van der Waals surface area contributed by atoms with E-state index in [4.69, 9.17) is 0 Å². The summed E-state index contributed by atoms with van der Waals surface area (Å²) in [6.45, 7) is -0.194. The molecule has 0 saturated carbocycles. The van der Waals surface area contributed by atoms with Crippen molar-refractivity contribution in [1.29, 1.82) is 0 Å². The molecule has 0 bridgehead atoms. The maximum absolute atomic E-state index is 13.5. The third kappa shape index (κ3) is 3.21. The maximum atomic E-state index is 13.5. The van der Waals surface area contributed by atoms with Gasteiger partial charge in [-0.05, 0) is 18.2 Å². The van der Waals surface area contributed by atoms with Gasteiger partial charge in [0.15, 0.2) is 11.6 Å². The van der Waals surface area contributed by atoms with Crippen molar-refractivity contribution in [3.63, 3.8) is 0 Å².